The van der Waals surface area contributed by atoms with E-state index >= 15 is 0 Å². The summed E-state index contributed by atoms with van der Waals surface area (Å²) in [6.07, 6.45) is 6.38. The van der Waals surface area contributed by atoms with Crippen LogP contribution in [-0.4, -0.2) is 36.6 Å². The molecule has 2 rings (SSSR count). The SMILES string of the molecule is CNC(C)(C#N)CCCN1CC2CCC1C2. The molecule has 2 fully saturated rings. The Bertz CT molecular complexity index is 283. The van der Waals surface area contributed by atoms with Crippen molar-refractivity contribution >= 4 is 0 Å². The largest absolute Gasteiger partial charge is 0.303 e. The summed E-state index contributed by atoms with van der Waals surface area (Å²) in [5.41, 5.74) is -0.335. The molecule has 0 spiro atoms. The van der Waals surface area contributed by atoms with Gasteiger partial charge in [0.1, 0.15) is 5.54 Å². The number of hydrogen-bond donors (Lipinski definition) is 1. The van der Waals surface area contributed by atoms with E-state index in [1.165, 1.54) is 32.4 Å². The fourth-order valence-corrected chi connectivity index (χ4v) is 3.17. The van der Waals surface area contributed by atoms with Gasteiger partial charge in [-0.3, -0.25) is 0 Å². The van der Waals surface area contributed by atoms with Crippen LogP contribution in [0.15, 0.2) is 0 Å². The first-order chi connectivity index (χ1) is 7.67. The zero-order valence-corrected chi connectivity index (χ0v) is 10.5. The van der Waals surface area contributed by atoms with Gasteiger partial charge < -0.3 is 10.2 Å². The molecule has 2 aliphatic rings. The maximum atomic E-state index is 9.06. The molecule has 1 N–H and O–H groups in total. The Labute approximate surface area is 98.8 Å². The van der Waals surface area contributed by atoms with E-state index < -0.39 is 0 Å². The highest BCUT2D eigenvalue weighted by molar-refractivity contribution is 5.03. The minimum Gasteiger partial charge on any atom is -0.303 e. The van der Waals surface area contributed by atoms with Crippen molar-refractivity contribution in [3.63, 3.8) is 0 Å². The Morgan fingerprint density at radius 2 is 2.31 bits per heavy atom. The molecule has 0 radical (unpaired) electrons. The second-order valence-electron chi connectivity index (χ2n) is 5.63. The smallest absolute Gasteiger partial charge is 0.103 e. The van der Waals surface area contributed by atoms with Gasteiger partial charge in [-0.25, -0.2) is 0 Å². The van der Waals surface area contributed by atoms with E-state index in [9.17, 15) is 0 Å². The van der Waals surface area contributed by atoms with Crippen LogP contribution in [0.1, 0.15) is 39.0 Å². The van der Waals surface area contributed by atoms with Crippen molar-refractivity contribution in [1.29, 1.82) is 5.26 Å². The molecule has 0 aromatic rings. The lowest BCUT2D eigenvalue weighted by atomic mass is 9.97. The second-order valence-corrected chi connectivity index (χ2v) is 5.63. The van der Waals surface area contributed by atoms with Crippen LogP contribution in [0.5, 0.6) is 0 Å². The van der Waals surface area contributed by atoms with E-state index in [1.54, 1.807) is 0 Å². The highest BCUT2D eigenvalue weighted by Crippen LogP contribution is 2.37. The molecule has 90 valence electrons. The summed E-state index contributed by atoms with van der Waals surface area (Å²) in [7, 11) is 1.88. The van der Waals surface area contributed by atoms with Crippen LogP contribution in [0.2, 0.25) is 0 Å². The van der Waals surface area contributed by atoms with Crippen LogP contribution in [0.4, 0.5) is 0 Å². The summed E-state index contributed by atoms with van der Waals surface area (Å²) in [6.45, 7) is 4.48. The molecule has 3 heteroatoms. The van der Waals surface area contributed by atoms with E-state index in [1.807, 2.05) is 14.0 Å². The van der Waals surface area contributed by atoms with Crippen molar-refractivity contribution < 1.29 is 0 Å². The molecule has 1 saturated carbocycles. The quantitative estimate of drug-likeness (QED) is 0.769. The summed E-state index contributed by atoms with van der Waals surface area (Å²) >= 11 is 0. The third kappa shape index (κ3) is 2.39. The first-order valence-electron chi connectivity index (χ1n) is 6.51. The topological polar surface area (TPSA) is 39.1 Å². The maximum absolute atomic E-state index is 9.06. The lowest BCUT2D eigenvalue weighted by Crippen LogP contribution is -2.39. The molecule has 3 atom stereocenters. The fraction of sp³-hybridized carbons (Fsp3) is 0.923. The number of hydrogen-bond acceptors (Lipinski definition) is 3. The minimum atomic E-state index is -0.335. The zero-order valence-electron chi connectivity index (χ0n) is 10.5. The van der Waals surface area contributed by atoms with Gasteiger partial charge in [0, 0.05) is 12.6 Å². The Balaban J connectivity index is 1.71. The van der Waals surface area contributed by atoms with Crippen LogP contribution in [0, 0.1) is 17.2 Å². The van der Waals surface area contributed by atoms with Gasteiger partial charge >= 0.3 is 0 Å². The molecule has 2 bridgehead atoms. The van der Waals surface area contributed by atoms with E-state index in [-0.39, 0.29) is 5.54 Å². The van der Waals surface area contributed by atoms with Crippen molar-refractivity contribution in [3.05, 3.63) is 0 Å². The van der Waals surface area contributed by atoms with Crippen LogP contribution < -0.4 is 5.32 Å². The molecule has 1 aliphatic carbocycles. The Kier molecular flexibility index (Phi) is 3.51. The minimum absolute atomic E-state index is 0.335. The third-order valence-corrected chi connectivity index (χ3v) is 4.44. The second kappa shape index (κ2) is 4.73. The van der Waals surface area contributed by atoms with Crippen molar-refractivity contribution in [3.8, 4) is 6.07 Å². The number of nitrogens with zero attached hydrogens (tertiary/aromatic N) is 2. The molecule has 0 aromatic carbocycles. The van der Waals surface area contributed by atoms with E-state index in [0.29, 0.717) is 0 Å². The summed E-state index contributed by atoms with van der Waals surface area (Å²) in [6, 6.07) is 3.23. The standard InChI is InChI=1S/C13H23N3/c1-13(10-14,15-2)6-3-7-16-9-11-4-5-12(16)8-11/h11-12,15H,3-9H2,1-2H3. The van der Waals surface area contributed by atoms with Crippen molar-refractivity contribution in [2.45, 2.75) is 50.6 Å². The first kappa shape index (κ1) is 11.9. The maximum Gasteiger partial charge on any atom is 0.103 e. The molecule has 16 heavy (non-hydrogen) atoms. The molecule has 0 amide bonds. The highest BCUT2D eigenvalue weighted by Gasteiger charge is 2.37. The Morgan fingerprint density at radius 1 is 1.50 bits per heavy atom. The van der Waals surface area contributed by atoms with Gasteiger partial charge in [-0.2, -0.15) is 5.26 Å². The fourth-order valence-electron chi connectivity index (χ4n) is 3.17. The zero-order chi connectivity index (χ0) is 11.6. The van der Waals surface area contributed by atoms with Crippen LogP contribution in [-0.2, 0) is 0 Å². The predicted molar refractivity (Wildman–Crippen MR) is 65.0 cm³/mol. The van der Waals surface area contributed by atoms with Gasteiger partial charge in [-0.15, -0.1) is 0 Å². The van der Waals surface area contributed by atoms with Crippen molar-refractivity contribution in [1.82, 2.24) is 10.2 Å². The average molecular weight is 221 g/mol. The number of likely N-dealkylation sites (tertiary alicyclic amines) is 1. The molecular formula is C13H23N3. The summed E-state index contributed by atoms with van der Waals surface area (Å²) < 4.78 is 0. The van der Waals surface area contributed by atoms with Gasteiger partial charge in [-0.1, -0.05) is 0 Å². The molecule has 0 aromatic heterocycles. The third-order valence-electron chi connectivity index (χ3n) is 4.44. The van der Waals surface area contributed by atoms with E-state index in [0.717, 1.165) is 24.8 Å². The normalized spacial score (nSPS) is 32.6. The van der Waals surface area contributed by atoms with Gasteiger partial charge in [0.05, 0.1) is 6.07 Å². The van der Waals surface area contributed by atoms with Gasteiger partial charge in [-0.05, 0) is 58.5 Å². The Morgan fingerprint density at radius 3 is 2.81 bits per heavy atom. The van der Waals surface area contributed by atoms with E-state index in [2.05, 4.69) is 16.3 Å². The molecule has 3 unspecified atom stereocenters. The number of piperidine rings is 1. The Hall–Kier alpha value is -0.590. The number of nitriles is 1. The summed E-state index contributed by atoms with van der Waals surface area (Å²) in [5, 5.41) is 12.2. The molecule has 1 heterocycles. The number of nitrogens with one attached hydrogen (secondary N) is 1. The first-order valence-corrected chi connectivity index (χ1v) is 6.51. The lowest BCUT2D eigenvalue weighted by Gasteiger charge is -2.28. The molecule has 1 aliphatic heterocycles. The van der Waals surface area contributed by atoms with Crippen LogP contribution >= 0.6 is 0 Å². The molecule has 1 saturated heterocycles. The van der Waals surface area contributed by atoms with Gasteiger partial charge in [0.2, 0.25) is 0 Å². The van der Waals surface area contributed by atoms with Crippen molar-refractivity contribution in [2.75, 3.05) is 20.1 Å². The van der Waals surface area contributed by atoms with Gasteiger partial charge in [0.25, 0.3) is 0 Å². The average Bonchev–Trinajstić information content (AvgIpc) is 2.91. The van der Waals surface area contributed by atoms with Crippen molar-refractivity contribution in [2.24, 2.45) is 5.92 Å². The predicted octanol–water partition coefficient (Wildman–Crippen LogP) is 1.75. The van der Waals surface area contributed by atoms with Crippen LogP contribution in [0.25, 0.3) is 0 Å². The lowest BCUT2D eigenvalue weighted by molar-refractivity contribution is 0.205. The van der Waals surface area contributed by atoms with E-state index in [4.69, 9.17) is 5.26 Å². The van der Waals surface area contributed by atoms with Gasteiger partial charge in [0.15, 0.2) is 0 Å². The summed E-state index contributed by atoms with van der Waals surface area (Å²) in [5.74, 6) is 0.983. The summed E-state index contributed by atoms with van der Waals surface area (Å²) in [4.78, 5) is 2.64. The number of fused-ring (bicyclic) bond motifs is 2. The monoisotopic (exact) mass is 221 g/mol. The molecule has 3 nitrogen and oxygen atoms in total. The highest BCUT2D eigenvalue weighted by atomic mass is 15.2. The number of rotatable bonds is 5. The molecular weight excluding hydrogens is 198 g/mol. The van der Waals surface area contributed by atoms with Crippen LogP contribution in [0.3, 0.4) is 0 Å².